The Kier molecular flexibility index (Phi) is 9.79. The highest BCUT2D eigenvalue weighted by Crippen LogP contribution is 2.50. The van der Waals surface area contributed by atoms with Crippen LogP contribution in [0.15, 0.2) is 67.0 Å². The summed E-state index contributed by atoms with van der Waals surface area (Å²) in [6, 6.07) is 12.2. The van der Waals surface area contributed by atoms with Crippen LogP contribution in [0.5, 0.6) is 0 Å². The molecule has 1 aliphatic heterocycles. The Morgan fingerprint density at radius 2 is 1.60 bits per heavy atom. The molecule has 3 N–H and O–H groups in total. The molecule has 3 aromatic rings. The summed E-state index contributed by atoms with van der Waals surface area (Å²) in [5.41, 5.74) is 2.91. The van der Waals surface area contributed by atoms with Gasteiger partial charge in [0.15, 0.2) is 0 Å². The molecule has 13 heteroatoms. The first-order valence-corrected chi connectivity index (χ1v) is 13.5. The van der Waals surface area contributed by atoms with Gasteiger partial charge in [-0.1, -0.05) is 42.5 Å². The minimum atomic E-state index is -5.95. The molecule has 1 unspecified atom stereocenters. The van der Waals surface area contributed by atoms with E-state index < -0.39 is 29.6 Å². The van der Waals surface area contributed by atoms with Gasteiger partial charge in [-0.3, -0.25) is 19.6 Å². The fraction of sp³-hybridized carbons (Fsp3) is 0.400. The molecule has 4 rings (SSSR count). The van der Waals surface area contributed by atoms with Crippen molar-refractivity contribution in [1.82, 2.24) is 14.8 Å². The zero-order valence-electron chi connectivity index (χ0n) is 23.3. The first-order valence-electron chi connectivity index (χ1n) is 13.5. The van der Waals surface area contributed by atoms with Crippen molar-refractivity contribution in [3.8, 4) is 11.1 Å². The van der Waals surface area contributed by atoms with E-state index in [1.807, 2.05) is 24.3 Å². The van der Waals surface area contributed by atoms with E-state index >= 15 is 0 Å². The number of pyridine rings is 1. The number of rotatable bonds is 9. The Morgan fingerprint density at radius 3 is 2.19 bits per heavy atom. The van der Waals surface area contributed by atoms with Crippen LogP contribution in [0, 0.1) is 6.92 Å². The van der Waals surface area contributed by atoms with Crippen LogP contribution >= 0.6 is 0 Å². The third-order valence-electron chi connectivity index (χ3n) is 7.48. The standard InChI is InChI=1S/C30H32F6N4O3/c1-20-16-22(2-7-25(20)23-3-5-24(6-4-23)28(42,29(31,32)33)30(34,35)36)17-39-13-14-40(18-21-8-11-38-12-9-21)26(19-39)27(41)43-15-10-37/h2-9,11-12,16,26,42H,10,13-15,17-19,37H2,1H3. The van der Waals surface area contributed by atoms with Gasteiger partial charge in [0.05, 0.1) is 0 Å². The topological polar surface area (TPSA) is 91.9 Å². The fourth-order valence-electron chi connectivity index (χ4n) is 5.20. The van der Waals surface area contributed by atoms with Gasteiger partial charge in [0, 0.05) is 57.2 Å². The number of esters is 1. The smallest absolute Gasteiger partial charge is 0.430 e. The van der Waals surface area contributed by atoms with Crippen LogP contribution in [0.3, 0.4) is 0 Å². The SMILES string of the molecule is Cc1cc(CN2CCN(Cc3ccncc3)C(C(=O)OCCN)C2)ccc1-c1ccc(C(O)(C(F)(F)F)C(F)(F)F)cc1. The second-order valence-corrected chi connectivity index (χ2v) is 10.5. The number of benzene rings is 2. The molecule has 2 heterocycles. The van der Waals surface area contributed by atoms with Gasteiger partial charge in [-0.05, 0) is 46.9 Å². The van der Waals surface area contributed by atoms with E-state index in [1.165, 1.54) is 0 Å². The first-order chi connectivity index (χ1) is 20.2. The van der Waals surface area contributed by atoms with E-state index in [2.05, 4.69) is 14.8 Å². The Balaban J connectivity index is 1.48. The average molecular weight is 611 g/mol. The first kappa shape index (κ1) is 32.4. The third kappa shape index (κ3) is 7.18. The van der Waals surface area contributed by atoms with Crippen LogP contribution in [-0.2, 0) is 28.2 Å². The van der Waals surface area contributed by atoms with Gasteiger partial charge in [-0.2, -0.15) is 26.3 Å². The maximum atomic E-state index is 13.2. The maximum absolute atomic E-state index is 13.2. The number of halogens is 6. The number of nitrogens with two attached hydrogens (primary N) is 1. The molecule has 0 amide bonds. The molecule has 1 fully saturated rings. The van der Waals surface area contributed by atoms with Gasteiger partial charge >= 0.3 is 18.3 Å². The summed E-state index contributed by atoms with van der Waals surface area (Å²) >= 11 is 0. The minimum absolute atomic E-state index is 0.117. The molecular weight excluding hydrogens is 578 g/mol. The fourth-order valence-corrected chi connectivity index (χ4v) is 5.20. The zero-order valence-corrected chi connectivity index (χ0v) is 23.3. The van der Waals surface area contributed by atoms with Gasteiger partial charge in [-0.25, -0.2) is 0 Å². The van der Waals surface area contributed by atoms with Crippen molar-refractivity contribution >= 4 is 5.97 Å². The van der Waals surface area contributed by atoms with Crippen LogP contribution in [0.4, 0.5) is 26.3 Å². The van der Waals surface area contributed by atoms with E-state index in [1.54, 1.807) is 25.4 Å². The monoisotopic (exact) mass is 610 g/mol. The van der Waals surface area contributed by atoms with Crippen LogP contribution in [0.2, 0.25) is 0 Å². The molecule has 0 aliphatic carbocycles. The molecule has 43 heavy (non-hydrogen) atoms. The predicted octanol–water partition coefficient (Wildman–Crippen LogP) is 4.56. The van der Waals surface area contributed by atoms with Crippen molar-refractivity contribution in [3.05, 3.63) is 89.2 Å². The van der Waals surface area contributed by atoms with E-state index in [0.717, 1.165) is 28.8 Å². The molecule has 1 aliphatic rings. The second-order valence-electron chi connectivity index (χ2n) is 10.5. The number of hydrogen-bond donors (Lipinski definition) is 2. The van der Waals surface area contributed by atoms with E-state index in [9.17, 15) is 36.2 Å². The maximum Gasteiger partial charge on any atom is 0.430 e. The Bertz CT molecular complexity index is 1370. The van der Waals surface area contributed by atoms with Gasteiger partial charge in [0.2, 0.25) is 0 Å². The quantitative estimate of drug-likeness (QED) is 0.271. The Hall–Kier alpha value is -3.52. The average Bonchev–Trinajstić information content (AvgIpc) is 2.96. The van der Waals surface area contributed by atoms with Crippen LogP contribution in [0.25, 0.3) is 11.1 Å². The Morgan fingerprint density at radius 1 is 0.953 bits per heavy atom. The van der Waals surface area contributed by atoms with Gasteiger partial charge < -0.3 is 15.6 Å². The molecule has 232 valence electrons. The van der Waals surface area contributed by atoms with Crippen molar-refractivity contribution in [2.75, 3.05) is 32.8 Å². The van der Waals surface area contributed by atoms with Crippen LogP contribution < -0.4 is 5.73 Å². The number of carbonyl (C=O) groups excluding carboxylic acids is 1. The van der Waals surface area contributed by atoms with Crippen LogP contribution in [0.1, 0.15) is 22.3 Å². The number of nitrogens with zero attached hydrogens (tertiary/aromatic N) is 3. The number of aryl methyl sites for hydroxylation is 1. The van der Waals surface area contributed by atoms with Crippen molar-refractivity contribution in [1.29, 1.82) is 0 Å². The van der Waals surface area contributed by atoms with Crippen molar-refractivity contribution in [3.63, 3.8) is 0 Å². The number of ether oxygens (including phenoxy) is 1. The number of aliphatic hydroxyl groups is 1. The normalized spacial score (nSPS) is 17.2. The number of carbonyl (C=O) groups is 1. The molecule has 2 aromatic carbocycles. The number of hydrogen-bond acceptors (Lipinski definition) is 7. The lowest BCUT2D eigenvalue weighted by Gasteiger charge is -2.40. The second kappa shape index (κ2) is 13.0. The van der Waals surface area contributed by atoms with E-state index in [4.69, 9.17) is 10.5 Å². The lowest BCUT2D eigenvalue weighted by atomic mass is 9.90. The van der Waals surface area contributed by atoms with Crippen molar-refractivity contribution in [2.45, 2.75) is 44.0 Å². The summed E-state index contributed by atoms with van der Waals surface area (Å²) in [4.78, 5) is 21.1. The summed E-state index contributed by atoms with van der Waals surface area (Å²) < 4.78 is 84.8. The molecule has 0 radical (unpaired) electrons. The van der Waals surface area contributed by atoms with Gasteiger partial charge in [0.1, 0.15) is 12.6 Å². The molecular formula is C30H32F6N4O3. The molecule has 1 atom stereocenters. The van der Waals surface area contributed by atoms with E-state index in [0.29, 0.717) is 56.0 Å². The summed E-state index contributed by atoms with van der Waals surface area (Å²) in [7, 11) is 0. The third-order valence-corrected chi connectivity index (χ3v) is 7.48. The number of alkyl halides is 6. The summed E-state index contributed by atoms with van der Waals surface area (Å²) in [5.74, 6) is -0.359. The summed E-state index contributed by atoms with van der Waals surface area (Å²) in [6.45, 7) is 4.87. The van der Waals surface area contributed by atoms with Gasteiger partial charge in [0.25, 0.3) is 5.60 Å². The lowest BCUT2D eigenvalue weighted by Crippen LogP contribution is -2.56. The Labute approximate surface area is 244 Å². The highest BCUT2D eigenvalue weighted by Gasteiger charge is 2.71. The highest BCUT2D eigenvalue weighted by molar-refractivity contribution is 5.76. The van der Waals surface area contributed by atoms with E-state index in [-0.39, 0.29) is 19.1 Å². The lowest BCUT2D eigenvalue weighted by molar-refractivity contribution is -0.376. The number of aromatic nitrogens is 1. The summed E-state index contributed by atoms with van der Waals surface area (Å²) in [5, 5.41) is 9.65. The van der Waals surface area contributed by atoms with Crippen molar-refractivity contribution in [2.24, 2.45) is 5.73 Å². The van der Waals surface area contributed by atoms with Crippen LogP contribution in [-0.4, -0.2) is 77.0 Å². The molecule has 7 nitrogen and oxygen atoms in total. The molecule has 0 spiro atoms. The van der Waals surface area contributed by atoms with Crippen molar-refractivity contribution < 1.29 is 41.0 Å². The zero-order chi connectivity index (χ0) is 31.4. The summed E-state index contributed by atoms with van der Waals surface area (Å²) in [6.07, 6.45) is -8.51. The molecule has 0 bridgehead atoms. The predicted molar refractivity (Wildman–Crippen MR) is 146 cm³/mol. The minimum Gasteiger partial charge on any atom is -0.463 e. The highest BCUT2D eigenvalue weighted by atomic mass is 19.4. The van der Waals surface area contributed by atoms with Gasteiger partial charge in [-0.15, -0.1) is 0 Å². The molecule has 1 saturated heterocycles. The largest absolute Gasteiger partial charge is 0.463 e. The molecule has 1 aromatic heterocycles. The molecule has 0 saturated carbocycles. The number of piperazine rings is 1.